The molecule has 0 spiro atoms. The number of nitrogens with zero attached hydrogens (tertiary/aromatic N) is 3. The summed E-state index contributed by atoms with van der Waals surface area (Å²) in [6.07, 6.45) is 7.18. The molecule has 1 aliphatic carbocycles. The Hall–Kier alpha value is -0.480. The van der Waals surface area contributed by atoms with E-state index >= 15 is 0 Å². The van der Waals surface area contributed by atoms with E-state index in [4.69, 9.17) is 11.6 Å². The lowest BCUT2D eigenvalue weighted by Crippen LogP contribution is -2.38. The van der Waals surface area contributed by atoms with E-state index in [0.29, 0.717) is 17.2 Å². The van der Waals surface area contributed by atoms with E-state index in [2.05, 4.69) is 14.9 Å². The number of hydrogen-bond acceptors (Lipinski definition) is 4. The van der Waals surface area contributed by atoms with Crippen LogP contribution in [0, 0.1) is 0 Å². The molecule has 1 saturated heterocycles. The Balaban J connectivity index is 1.90. The average Bonchev–Trinajstić information content (AvgIpc) is 2.97. The average molecular weight is 256 g/mol. The van der Waals surface area contributed by atoms with Crippen molar-refractivity contribution in [2.75, 3.05) is 16.4 Å². The van der Waals surface area contributed by atoms with Crippen LogP contribution in [0.5, 0.6) is 0 Å². The first-order valence-electron chi connectivity index (χ1n) is 5.69. The zero-order valence-electron chi connectivity index (χ0n) is 8.97. The van der Waals surface area contributed by atoms with Gasteiger partial charge in [0.1, 0.15) is 0 Å². The van der Waals surface area contributed by atoms with Gasteiger partial charge in [-0.15, -0.1) is 0 Å². The fraction of sp³-hybridized carbons (Fsp3) is 0.636. The van der Waals surface area contributed by atoms with E-state index in [-0.39, 0.29) is 0 Å². The van der Waals surface area contributed by atoms with Gasteiger partial charge in [-0.2, -0.15) is 11.8 Å². The quantitative estimate of drug-likeness (QED) is 0.830. The first kappa shape index (κ1) is 10.7. The topological polar surface area (TPSA) is 29.0 Å². The van der Waals surface area contributed by atoms with Crippen molar-refractivity contribution in [1.29, 1.82) is 0 Å². The van der Waals surface area contributed by atoms with Crippen molar-refractivity contribution < 1.29 is 0 Å². The van der Waals surface area contributed by atoms with Crippen molar-refractivity contribution in [2.24, 2.45) is 0 Å². The van der Waals surface area contributed by atoms with Gasteiger partial charge in [0.15, 0.2) is 11.0 Å². The highest BCUT2D eigenvalue weighted by Crippen LogP contribution is 2.38. The zero-order chi connectivity index (χ0) is 11.0. The van der Waals surface area contributed by atoms with Gasteiger partial charge >= 0.3 is 0 Å². The van der Waals surface area contributed by atoms with E-state index in [0.717, 1.165) is 5.82 Å². The van der Waals surface area contributed by atoms with Gasteiger partial charge in [0, 0.05) is 30.2 Å². The van der Waals surface area contributed by atoms with Gasteiger partial charge in [-0.25, -0.2) is 9.97 Å². The molecule has 2 fully saturated rings. The Morgan fingerprint density at radius 2 is 2.00 bits per heavy atom. The summed E-state index contributed by atoms with van der Waals surface area (Å²) in [6, 6.07) is 1.25. The van der Waals surface area contributed by atoms with Crippen LogP contribution in [0.15, 0.2) is 12.4 Å². The first-order valence-corrected chi connectivity index (χ1v) is 7.22. The molecule has 1 aliphatic heterocycles. The fourth-order valence-corrected chi connectivity index (χ4v) is 3.63. The Labute approximate surface area is 105 Å². The van der Waals surface area contributed by atoms with E-state index in [1.165, 1.54) is 30.8 Å². The summed E-state index contributed by atoms with van der Waals surface area (Å²) in [5.41, 5.74) is 0. The molecule has 2 aliphatic rings. The summed E-state index contributed by atoms with van der Waals surface area (Å²) in [7, 11) is 0. The van der Waals surface area contributed by atoms with Crippen LogP contribution in [-0.2, 0) is 0 Å². The molecule has 0 bridgehead atoms. The molecule has 1 saturated carbocycles. The molecular weight excluding hydrogens is 242 g/mol. The van der Waals surface area contributed by atoms with E-state index < -0.39 is 0 Å². The van der Waals surface area contributed by atoms with Gasteiger partial charge in [0.2, 0.25) is 0 Å². The predicted molar refractivity (Wildman–Crippen MR) is 68.3 cm³/mol. The maximum atomic E-state index is 6.15. The minimum Gasteiger partial charge on any atom is -0.347 e. The summed E-state index contributed by atoms with van der Waals surface area (Å²) in [5, 5.41) is 0.548. The number of rotatable bonds is 3. The summed E-state index contributed by atoms with van der Waals surface area (Å²) < 4.78 is 0. The zero-order valence-corrected chi connectivity index (χ0v) is 10.5. The van der Waals surface area contributed by atoms with Crippen molar-refractivity contribution in [3.63, 3.8) is 0 Å². The number of aromatic nitrogens is 2. The van der Waals surface area contributed by atoms with Gasteiger partial charge in [-0.05, 0) is 25.0 Å². The Kier molecular flexibility index (Phi) is 2.94. The standard InChI is InChI=1S/C11H14ClN3S/c12-10-11(14-5-4-13-10)15(8-1-2-8)9-3-6-16-7-9/h4-5,8-9H,1-3,6-7H2/t9-/m0/s1. The van der Waals surface area contributed by atoms with E-state index in [9.17, 15) is 0 Å². The van der Waals surface area contributed by atoms with E-state index in [1.807, 2.05) is 11.8 Å². The highest BCUT2D eigenvalue weighted by atomic mass is 35.5. The third-order valence-corrected chi connectivity index (χ3v) is 4.53. The Morgan fingerprint density at radius 3 is 2.62 bits per heavy atom. The molecular formula is C11H14ClN3S. The van der Waals surface area contributed by atoms with Gasteiger partial charge < -0.3 is 4.90 Å². The second kappa shape index (κ2) is 4.41. The molecule has 0 N–H and O–H groups in total. The highest BCUT2D eigenvalue weighted by molar-refractivity contribution is 7.99. The monoisotopic (exact) mass is 255 g/mol. The van der Waals surface area contributed by atoms with Crippen molar-refractivity contribution in [2.45, 2.75) is 31.3 Å². The van der Waals surface area contributed by atoms with E-state index in [1.54, 1.807) is 12.4 Å². The molecule has 3 nitrogen and oxygen atoms in total. The summed E-state index contributed by atoms with van der Waals surface area (Å²) in [5.74, 6) is 3.34. The van der Waals surface area contributed by atoms with Crippen LogP contribution in [0.2, 0.25) is 5.15 Å². The smallest absolute Gasteiger partial charge is 0.171 e. The van der Waals surface area contributed by atoms with Crippen LogP contribution in [0.3, 0.4) is 0 Å². The molecule has 0 radical (unpaired) electrons. The van der Waals surface area contributed by atoms with Crippen LogP contribution >= 0.6 is 23.4 Å². The maximum absolute atomic E-state index is 6.15. The van der Waals surface area contributed by atoms with Gasteiger partial charge in [-0.1, -0.05) is 11.6 Å². The third-order valence-electron chi connectivity index (χ3n) is 3.12. The molecule has 1 atom stereocenters. The van der Waals surface area contributed by atoms with Crippen LogP contribution in [0.1, 0.15) is 19.3 Å². The summed E-state index contributed by atoms with van der Waals surface area (Å²) >= 11 is 8.17. The van der Waals surface area contributed by atoms with Crippen molar-refractivity contribution in [3.8, 4) is 0 Å². The van der Waals surface area contributed by atoms with Gasteiger partial charge in [0.25, 0.3) is 0 Å². The number of hydrogen-bond donors (Lipinski definition) is 0. The lowest BCUT2D eigenvalue weighted by molar-refractivity contribution is 0.631. The summed E-state index contributed by atoms with van der Waals surface area (Å²) in [4.78, 5) is 11.0. The largest absolute Gasteiger partial charge is 0.347 e. The SMILES string of the molecule is Clc1nccnc1N(C1CC1)[C@H]1CCSC1. The lowest BCUT2D eigenvalue weighted by Gasteiger charge is -2.29. The van der Waals surface area contributed by atoms with Gasteiger partial charge in [0.05, 0.1) is 0 Å². The van der Waals surface area contributed by atoms with Crippen LogP contribution in [0.4, 0.5) is 5.82 Å². The summed E-state index contributed by atoms with van der Waals surface area (Å²) in [6.45, 7) is 0. The minimum absolute atomic E-state index is 0.548. The van der Waals surface area contributed by atoms with Crippen molar-refractivity contribution in [1.82, 2.24) is 9.97 Å². The third kappa shape index (κ3) is 2.00. The lowest BCUT2D eigenvalue weighted by atomic mass is 10.2. The first-order chi connectivity index (χ1) is 7.86. The maximum Gasteiger partial charge on any atom is 0.171 e. The second-order valence-electron chi connectivity index (χ2n) is 4.33. The molecule has 1 aromatic rings. The molecule has 16 heavy (non-hydrogen) atoms. The molecule has 86 valence electrons. The van der Waals surface area contributed by atoms with Crippen LogP contribution < -0.4 is 4.90 Å². The highest BCUT2D eigenvalue weighted by Gasteiger charge is 2.37. The normalized spacial score (nSPS) is 24.7. The van der Waals surface area contributed by atoms with Gasteiger partial charge in [-0.3, -0.25) is 0 Å². The Morgan fingerprint density at radius 1 is 1.19 bits per heavy atom. The second-order valence-corrected chi connectivity index (χ2v) is 5.83. The number of halogens is 1. The van der Waals surface area contributed by atoms with Crippen molar-refractivity contribution in [3.05, 3.63) is 17.5 Å². The van der Waals surface area contributed by atoms with Crippen LogP contribution in [0.25, 0.3) is 0 Å². The van der Waals surface area contributed by atoms with Crippen molar-refractivity contribution >= 4 is 29.2 Å². The van der Waals surface area contributed by atoms with Crippen LogP contribution in [-0.4, -0.2) is 33.6 Å². The molecule has 2 heterocycles. The molecule has 3 rings (SSSR count). The molecule has 0 unspecified atom stereocenters. The molecule has 5 heteroatoms. The minimum atomic E-state index is 0.548. The molecule has 0 aromatic carbocycles. The number of thioether (sulfide) groups is 1. The Bertz CT molecular complexity index is 377. The number of anilines is 1. The fourth-order valence-electron chi connectivity index (χ4n) is 2.23. The predicted octanol–water partition coefficient (Wildman–Crippen LogP) is 2.60. The molecule has 0 amide bonds. The molecule has 1 aromatic heterocycles.